The van der Waals surface area contributed by atoms with E-state index in [1.807, 2.05) is 24.3 Å². The van der Waals surface area contributed by atoms with E-state index in [-0.39, 0.29) is 0 Å². The fourth-order valence-electron chi connectivity index (χ4n) is 2.51. The molecule has 19 heavy (non-hydrogen) atoms. The van der Waals surface area contributed by atoms with E-state index in [9.17, 15) is 5.11 Å². The fraction of sp³-hybridized carbons (Fsp3) is 0.500. The Morgan fingerprint density at radius 3 is 2.79 bits per heavy atom. The van der Waals surface area contributed by atoms with Crippen LogP contribution in [0.4, 0.5) is 5.69 Å². The molecule has 0 amide bonds. The van der Waals surface area contributed by atoms with Gasteiger partial charge >= 0.3 is 0 Å². The van der Waals surface area contributed by atoms with Crippen LogP contribution in [0, 0.1) is 11.8 Å². The van der Waals surface area contributed by atoms with Crippen LogP contribution in [-0.2, 0) is 0 Å². The maximum Gasteiger partial charge on any atom is 0.0819 e. The Kier molecular flexibility index (Phi) is 4.84. The van der Waals surface area contributed by atoms with E-state index < -0.39 is 5.60 Å². The van der Waals surface area contributed by atoms with Crippen LogP contribution >= 0.6 is 0 Å². The number of hydrogen-bond acceptors (Lipinski definition) is 3. The third kappa shape index (κ3) is 4.27. The zero-order chi connectivity index (χ0) is 13.6. The minimum absolute atomic E-state index is 0.372. The van der Waals surface area contributed by atoms with Crippen LogP contribution in [0.3, 0.4) is 0 Å². The van der Waals surface area contributed by atoms with Crippen LogP contribution in [0.25, 0.3) is 0 Å². The van der Waals surface area contributed by atoms with Gasteiger partial charge in [-0.1, -0.05) is 37.2 Å². The Bertz CT molecular complexity index is 467. The largest absolute Gasteiger partial charge is 0.388 e. The maximum atomic E-state index is 10.4. The number of rotatable bonds is 3. The number of nitrogens with one attached hydrogen (secondary N) is 1. The van der Waals surface area contributed by atoms with Gasteiger partial charge in [-0.05, 0) is 31.0 Å². The SMILES string of the molecule is NCC#Cc1cccc(NCC2(O)CCCCC2)c1. The molecule has 1 saturated carbocycles. The first-order valence-corrected chi connectivity index (χ1v) is 6.97. The van der Waals surface area contributed by atoms with Crippen molar-refractivity contribution in [1.82, 2.24) is 0 Å². The molecule has 0 saturated heterocycles. The Morgan fingerprint density at radius 1 is 1.26 bits per heavy atom. The zero-order valence-electron chi connectivity index (χ0n) is 11.3. The molecule has 0 unspecified atom stereocenters. The summed E-state index contributed by atoms with van der Waals surface area (Å²) in [5.74, 6) is 5.86. The number of nitrogens with two attached hydrogens (primary N) is 1. The van der Waals surface area contributed by atoms with Crippen LogP contribution in [0.5, 0.6) is 0 Å². The number of benzene rings is 1. The average Bonchev–Trinajstić information content (AvgIpc) is 2.44. The monoisotopic (exact) mass is 258 g/mol. The van der Waals surface area contributed by atoms with Gasteiger partial charge in [-0.3, -0.25) is 0 Å². The predicted octanol–water partition coefficient (Wildman–Crippen LogP) is 2.10. The first-order valence-electron chi connectivity index (χ1n) is 6.97. The molecule has 0 radical (unpaired) electrons. The van der Waals surface area contributed by atoms with Crippen molar-refractivity contribution in [3.8, 4) is 11.8 Å². The summed E-state index contributed by atoms with van der Waals surface area (Å²) in [6.45, 7) is 0.984. The summed E-state index contributed by atoms with van der Waals surface area (Å²) < 4.78 is 0. The summed E-state index contributed by atoms with van der Waals surface area (Å²) in [7, 11) is 0. The van der Waals surface area contributed by atoms with E-state index in [1.54, 1.807) is 0 Å². The summed E-state index contributed by atoms with van der Waals surface area (Å²) in [6, 6.07) is 7.92. The Balaban J connectivity index is 1.95. The molecule has 1 aromatic carbocycles. The van der Waals surface area contributed by atoms with E-state index in [4.69, 9.17) is 5.73 Å². The lowest BCUT2D eigenvalue weighted by molar-refractivity contribution is 0.0167. The van der Waals surface area contributed by atoms with Crippen molar-refractivity contribution in [3.63, 3.8) is 0 Å². The summed E-state index contributed by atoms with van der Waals surface area (Å²) in [5.41, 5.74) is 6.77. The van der Waals surface area contributed by atoms with Gasteiger partial charge in [-0.2, -0.15) is 0 Å². The van der Waals surface area contributed by atoms with Crippen LogP contribution in [0.1, 0.15) is 37.7 Å². The Morgan fingerprint density at radius 2 is 2.05 bits per heavy atom. The molecule has 1 aromatic rings. The molecule has 3 heteroatoms. The minimum atomic E-state index is -0.544. The van der Waals surface area contributed by atoms with E-state index in [0.717, 1.165) is 36.9 Å². The van der Waals surface area contributed by atoms with E-state index in [0.29, 0.717) is 13.1 Å². The van der Waals surface area contributed by atoms with Gasteiger partial charge in [-0.25, -0.2) is 0 Å². The highest BCUT2D eigenvalue weighted by Gasteiger charge is 2.28. The van der Waals surface area contributed by atoms with Gasteiger partial charge in [0.05, 0.1) is 12.1 Å². The number of anilines is 1. The molecule has 1 fully saturated rings. The summed E-state index contributed by atoms with van der Waals surface area (Å²) >= 11 is 0. The lowest BCUT2D eigenvalue weighted by atomic mass is 9.85. The van der Waals surface area contributed by atoms with Gasteiger partial charge in [0.2, 0.25) is 0 Å². The van der Waals surface area contributed by atoms with E-state index in [1.165, 1.54) is 6.42 Å². The van der Waals surface area contributed by atoms with Crippen molar-refractivity contribution in [2.75, 3.05) is 18.4 Å². The molecule has 4 N–H and O–H groups in total. The molecule has 0 atom stereocenters. The zero-order valence-corrected chi connectivity index (χ0v) is 11.3. The van der Waals surface area contributed by atoms with Gasteiger partial charge in [0.15, 0.2) is 0 Å². The highest BCUT2D eigenvalue weighted by molar-refractivity contribution is 5.50. The molecule has 0 aliphatic heterocycles. The normalized spacial score (nSPS) is 17.4. The van der Waals surface area contributed by atoms with Gasteiger partial charge in [0.25, 0.3) is 0 Å². The molecule has 0 spiro atoms. The second-order valence-corrected chi connectivity index (χ2v) is 5.23. The molecule has 0 bridgehead atoms. The molecule has 102 valence electrons. The van der Waals surface area contributed by atoms with Crippen molar-refractivity contribution in [2.45, 2.75) is 37.7 Å². The second-order valence-electron chi connectivity index (χ2n) is 5.23. The fourth-order valence-corrected chi connectivity index (χ4v) is 2.51. The smallest absolute Gasteiger partial charge is 0.0819 e. The lowest BCUT2D eigenvalue weighted by Gasteiger charge is -2.32. The van der Waals surface area contributed by atoms with Crippen LogP contribution in [0.15, 0.2) is 24.3 Å². The first-order chi connectivity index (χ1) is 9.22. The molecule has 3 nitrogen and oxygen atoms in total. The third-order valence-corrected chi connectivity index (χ3v) is 3.60. The molecule has 2 rings (SSSR count). The van der Waals surface area contributed by atoms with Crippen LogP contribution in [-0.4, -0.2) is 23.8 Å². The predicted molar refractivity (Wildman–Crippen MR) is 78.9 cm³/mol. The molecule has 0 heterocycles. The molecule has 1 aliphatic rings. The van der Waals surface area contributed by atoms with E-state index in [2.05, 4.69) is 17.2 Å². The van der Waals surface area contributed by atoms with E-state index >= 15 is 0 Å². The summed E-state index contributed by atoms with van der Waals surface area (Å²) in [5, 5.41) is 13.8. The number of hydrogen-bond donors (Lipinski definition) is 3. The molecule has 1 aliphatic carbocycles. The summed E-state index contributed by atoms with van der Waals surface area (Å²) in [4.78, 5) is 0. The highest BCUT2D eigenvalue weighted by Crippen LogP contribution is 2.28. The Hall–Kier alpha value is -1.50. The van der Waals surface area contributed by atoms with Crippen molar-refractivity contribution in [3.05, 3.63) is 29.8 Å². The van der Waals surface area contributed by atoms with Crippen molar-refractivity contribution < 1.29 is 5.11 Å². The highest BCUT2D eigenvalue weighted by atomic mass is 16.3. The Labute approximate surface area is 115 Å². The van der Waals surface area contributed by atoms with Gasteiger partial charge < -0.3 is 16.2 Å². The molecular formula is C16H22N2O. The standard InChI is InChI=1S/C16H22N2O/c17-11-5-7-14-6-4-8-15(12-14)18-13-16(19)9-2-1-3-10-16/h4,6,8,12,18-19H,1-3,9-11,13,17H2. The van der Waals surface area contributed by atoms with Gasteiger partial charge in [0.1, 0.15) is 0 Å². The second kappa shape index (κ2) is 6.60. The topological polar surface area (TPSA) is 58.3 Å². The van der Waals surface area contributed by atoms with Crippen molar-refractivity contribution in [2.24, 2.45) is 5.73 Å². The van der Waals surface area contributed by atoms with Crippen LogP contribution in [0.2, 0.25) is 0 Å². The lowest BCUT2D eigenvalue weighted by Crippen LogP contribution is -2.38. The van der Waals surface area contributed by atoms with Crippen molar-refractivity contribution in [1.29, 1.82) is 0 Å². The molecule has 0 aromatic heterocycles. The maximum absolute atomic E-state index is 10.4. The average molecular weight is 258 g/mol. The minimum Gasteiger partial charge on any atom is -0.388 e. The van der Waals surface area contributed by atoms with Crippen molar-refractivity contribution >= 4 is 5.69 Å². The summed E-state index contributed by atoms with van der Waals surface area (Å²) in [6.07, 6.45) is 5.28. The van der Waals surface area contributed by atoms with Crippen LogP contribution < -0.4 is 11.1 Å². The van der Waals surface area contributed by atoms with Gasteiger partial charge in [-0.15, -0.1) is 0 Å². The van der Waals surface area contributed by atoms with Gasteiger partial charge in [0, 0.05) is 17.8 Å². The number of aliphatic hydroxyl groups is 1. The first kappa shape index (κ1) is 13.9. The molecular weight excluding hydrogens is 236 g/mol. The quantitative estimate of drug-likeness (QED) is 0.728. The third-order valence-electron chi connectivity index (χ3n) is 3.60.